The molecule has 2 nitrogen and oxygen atoms in total. The first-order valence-corrected chi connectivity index (χ1v) is 7.61. The molecule has 2 atom stereocenters. The number of fused-ring (bicyclic) bond motifs is 1. The average molecular weight is 238 g/mol. The Morgan fingerprint density at radius 3 is 3.12 bits per heavy atom. The molecule has 0 amide bonds. The number of nitrogens with two attached hydrogens (primary N) is 1. The number of hydrogen-bond donors (Lipinski definition) is 1. The monoisotopic (exact) mass is 238 g/mol. The zero-order valence-corrected chi connectivity index (χ0v) is 11.1. The second kappa shape index (κ2) is 5.28. The van der Waals surface area contributed by atoms with Gasteiger partial charge in [-0.25, -0.2) is 0 Å². The standard InChI is InChI=1S/C13H22N2S/c1-3-10(9-16-2)15-8-7-11-12(14)5-4-6-13(11)15/h7-8,10,12H,3-6,9,14H2,1-2H3. The molecule has 0 fully saturated rings. The van der Waals surface area contributed by atoms with Crippen LogP contribution in [-0.2, 0) is 6.42 Å². The van der Waals surface area contributed by atoms with Crippen molar-refractivity contribution in [3.8, 4) is 0 Å². The Balaban J connectivity index is 2.27. The summed E-state index contributed by atoms with van der Waals surface area (Å²) in [6.45, 7) is 2.27. The van der Waals surface area contributed by atoms with Crippen molar-refractivity contribution < 1.29 is 0 Å². The summed E-state index contributed by atoms with van der Waals surface area (Å²) in [5.41, 5.74) is 9.05. The summed E-state index contributed by atoms with van der Waals surface area (Å²) in [7, 11) is 0. The highest BCUT2D eigenvalue weighted by atomic mass is 32.2. The van der Waals surface area contributed by atoms with E-state index in [-0.39, 0.29) is 6.04 Å². The maximum atomic E-state index is 6.16. The third-order valence-corrected chi connectivity index (χ3v) is 4.33. The fourth-order valence-electron chi connectivity index (χ4n) is 2.68. The van der Waals surface area contributed by atoms with Crippen molar-refractivity contribution in [2.75, 3.05) is 12.0 Å². The van der Waals surface area contributed by atoms with Crippen LogP contribution in [0.2, 0.25) is 0 Å². The lowest BCUT2D eigenvalue weighted by molar-refractivity contribution is 0.487. The van der Waals surface area contributed by atoms with Crippen LogP contribution in [-0.4, -0.2) is 16.6 Å². The SMILES string of the molecule is CCC(CSC)n1ccc2c1CCCC2N. The van der Waals surface area contributed by atoms with Crippen molar-refractivity contribution in [1.82, 2.24) is 4.57 Å². The smallest absolute Gasteiger partial charge is 0.0421 e. The van der Waals surface area contributed by atoms with Gasteiger partial charge in [0.2, 0.25) is 0 Å². The Kier molecular flexibility index (Phi) is 3.98. The van der Waals surface area contributed by atoms with Gasteiger partial charge >= 0.3 is 0 Å². The summed E-state index contributed by atoms with van der Waals surface area (Å²) in [5.74, 6) is 1.20. The Bertz CT molecular complexity index is 346. The minimum atomic E-state index is 0.275. The molecule has 2 rings (SSSR count). The van der Waals surface area contributed by atoms with E-state index in [2.05, 4.69) is 30.0 Å². The van der Waals surface area contributed by atoms with Crippen LogP contribution in [0.3, 0.4) is 0 Å². The molecule has 0 spiro atoms. The Hall–Kier alpha value is -0.410. The van der Waals surface area contributed by atoms with Crippen LogP contribution in [0.5, 0.6) is 0 Å². The van der Waals surface area contributed by atoms with Crippen LogP contribution in [0.15, 0.2) is 12.3 Å². The minimum absolute atomic E-state index is 0.275. The zero-order chi connectivity index (χ0) is 11.5. The molecule has 0 saturated carbocycles. The molecule has 1 aromatic rings. The van der Waals surface area contributed by atoms with Gasteiger partial charge in [0.05, 0.1) is 0 Å². The largest absolute Gasteiger partial charge is 0.347 e. The van der Waals surface area contributed by atoms with E-state index in [1.54, 1.807) is 0 Å². The van der Waals surface area contributed by atoms with E-state index >= 15 is 0 Å². The first kappa shape index (κ1) is 12.1. The Morgan fingerprint density at radius 2 is 2.44 bits per heavy atom. The fourth-order valence-corrected chi connectivity index (χ4v) is 3.46. The Labute approximate surface area is 103 Å². The molecule has 0 radical (unpaired) electrons. The Morgan fingerprint density at radius 1 is 1.62 bits per heavy atom. The molecular formula is C13H22N2S. The lowest BCUT2D eigenvalue weighted by Gasteiger charge is -2.25. The lowest BCUT2D eigenvalue weighted by atomic mass is 9.93. The van der Waals surface area contributed by atoms with Gasteiger partial charge in [0.1, 0.15) is 0 Å². The van der Waals surface area contributed by atoms with Crippen LogP contribution in [0, 0.1) is 0 Å². The molecular weight excluding hydrogens is 216 g/mol. The number of hydrogen-bond acceptors (Lipinski definition) is 2. The second-order valence-electron chi connectivity index (χ2n) is 4.64. The number of thioether (sulfide) groups is 1. The molecule has 0 bridgehead atoms. The van der Waals surface area contributed by atoms with Gasteiger partial charge < -0.3 is 10.3 Å². The highest BCUT2D eigenvalue weighted by Gasteiger charge is 2.22. The van der Waals surface area contributed by atoms with E-state index in [1.165, 1.54) is 36.3 Å². The second-order valence-corrected chi connectivity index (χ2v) is 5.55. The summed E-state index contributed by atoms with van der Waals surface area (Å²) in [6, 6.07) is 3.16. The summed E-state index contributed by atoms with van der Waals surface area (Å²) in [4.78, 5) is 0. The minimum Gasteiger partial charge on any atom is -0.347 e. The first-order chi connectivity index (χ1) is 7.77. The van der Waals surface area contributed by atoms with E-state index in [0.717, 1.165) is 6.42 Å². The lowest BCUT2D eigenvalue weighted by Crippen LogP contribution is -2.20. The van der Waals surface area contributed by atoms with Crippen LogP contribution >= 0.6 is 11.8 Å². The van der Waals surface area contributed by atoms with Gasteiger partial charge in [0, 0.05) is 29.7 Å². The summed E-state index contributed by atoms with van der Waals surface area (Å²) in [5, 5.41) is 0. The highest BCUT2D eigenvalue weighted by molar-refractivity contribution is 7.98. The molecule has 1 heterocycles. The molecule has 90 valence electrons. The third kappa shape index (κ3) is 2.16. The zero-order valence-electron chi connectivity index (χ0n) is 10.3. The average Bonchev–Trinajstić information content (AvgIpc) is 2.71. The van der Waals surface area contributed by atoms with E-state index < -0.39 is 0 Å². The summed E-state index contributed by atoms with van der Waals surface area (Å²) >= 11 is 1.93. The maximum absolute atomic E-state index is 6.16. The molecule has 1 aromatic heterocycles. The highest BCUT2D eigenvalue weighted by Crippen LogP contribution is 2.31. The number of aromatic nitrogens is 1. The molecule has 0 aromatic carbocycles. The normalized spacial score (nSPS) is 21.8. The molecule has 16 heavy (non-hydrogen) atoms. The van der Waals surface area contributed by atoms with Gasteiger partial charge in [-0.1, -0.05) is 6.92 Å². The van der Waals surface area contributed by atoms with Crippen molar-refractivity contribution in [3.63, 3.8) is 0 Å². The molecule has 3 heteroatoms. The van der Waals surface area contributed by atoms with Crippen LogP contribution in [0.4, 0.5) is 0 Å². The molecule has 2 N–H and O–H groups in total. The molecule has 0 saturated heterocycles. The van der Waals surface area contributed by atoms with Gasteiger partial charge in [0.15, 0.2) is 0 Å². The van der Waals surface area contributed by atoms with E-state index in [9.17, 15) is 0 Å². The van der Waals surface area contributed by atoms with Crippen LogP contribution in [0.1, 0.15) is 49.5 Å². The van der Waals surface area contributed by atoms with Gasteiger partial charge in [0.25, 0.3) is 0 Å². The van der Waals surface area contributed by atoms with E-state index in [4.69, 9.17) is 5.73 Å². The first-order valence-electron chi connectivity index (χ1n) is 6.22. The van der Waals surface area contributed by atoms with Gasteiger partial charge in [-0.05, 0) is 43.6 Å². The molecule has 2 unspecified atom stereocenters. The predicted molar refractivity (Wildman–Crippen MR) is 72.0 cm³/mol. The van der Waals surface area contributed by atoms with Gasteiger partial charge in [-0.3, -0.25) is 0 Å². The van der Waals surface area contributed by atoms with Crippen LogP contribution < -0.4 is 5.73 Å². The molecule has 1 aliphatic rings. The quantitative estimate of drug-likeness (QED) is 0.873. The number of nitrogens with zero attached hydrogens (tertiary/aromatic N) is 1. The third-order valence-electron chi connectivity index (χ3n) is 3.61. The van der Waals surface area contributed by atoms with Gasteiger partial charge in [-0.2, -0.15) is 11.8 Å². The predicted octanol–water partition coefficient (Wildman–Crippen LogP) is 3.14. The van der Waals surface area contributed by atoms with E-state index in [1.807, 2.05) is 11.8 Å². The van der Waals surface area contributed by atoms with E-state index in [0.29, 0.717) is 6.04 Å². The van der Waals surface area contributed by atoms with Gasteiger partial charge in [-0.15, -0.1) is 0 Å². The van der Waals surface area contributed by atoms with Crippen molar-refractivity contribution in [1.29, 1.82) is 0 Å². The molecule has 1 aliphatic carbocycles. The summed E-state index contributed by atoms with van der Waals surface area (Å²) < 4.78 is 2.48. The van der Waals surface area contributed by atoms with Crippen molar-refractivity contribution in [2.45, 2.75) is 44.7 Å². The van der Waals surface area contributed by atoms with Crippen LogP contribution in [0.25, 0.3) is 0 Å². The summed E-state index contributed by atoms with van der Waals surface area (Å²) in [6.07, 6.45) is 9.24. The number of rotatable bonds is 4. The topological polar surface area (TPSA) is 30.9 Å². The molecule has 0 aliphatic heterocycles. The maximum Gasteiger partial charge on any atom is 0.0421 e. The van der Waals surface area contributed by atoms with Crippen molar-refractivity contribution >= 4 is 11.8 Å². The van der Waals surface area contributed by atoms with Crippen molar-refractivity contribution in [2.24, 2.45) is 5.73 Å². The fraction of sp³-hybridized carbons (Fsp3) is 0.692. The van der Waals surface area contributed by atoms with Crippen molar-refractivity contribution in [3.05, 3.63) is 23.5 Å².